The quantitative estimate of drug-likeness (QED) is 0.157. The van der Waals surface area contributed by atoms with Gasteiger partial charge in [-0.1, -0.05) is 170 Å². The van der Waals surface area contributed by atoms with Crippen LogP contribution in [0.3, 0.4) is 0 Å². The molecule has 13 rings (SSSR count). The van der Waals surface area contributed by atoms with Crippen LogP contribution in [0.15, 0.2) is 194 Å². The highest BCUT2D eigenvalue weighted by atomic mass is 32.1. The first kappa shape index (κ1) is 32.3. The lowest BCUT2D eigenvalue weighted by Crippen LogP contribution is -1.93. The van der Waals surface area contributed by atoms with Gasteiger partial charge in [0.15, 0.2) is 0 Å². The van der Waals surface area contributed by atoms with Crippen molar-refractivity contribution < 1.29 is 0 Å². The average molecular weight is 769 g/mol. The van der Waals surface area contributed by atoms with Crippen LogP contribution in [0, 0.1) is 0 Å². The number of benzene rings is 11. The number of rotatable bonds is 3. The van der Waals surface area contributed by atoms with Crippen molar-refractivity contribution >= 4 is 117 Å². The Kier molecular flexibility index (Phi) is 6.86. The number of thiophene rings is 2. The highest BCUT2D eigenvalue weighted by Gasteiger charge is 2.21. The van der Waals surface area contributed by atoms with Gasteiger partial charge in [0.05, 0.1) is 0 Å². The van der Waals surface area contributed by atoms with Gasteiger partial charge in [0, 0.05) is 40.3 Å². The van der Waals surface area contributed by atoms with Crippen LogP contribution in [-0.4, -0.2) is 0 Å². The number of hydrogen-bond acceptors (Lipinski definition) is 2. The zero-order chi connectivity index (χ0) is 37.9. The molecule has 0 nitrogen and oxygen atoms in total. The van der Waals surface area contributed by atoms with E-state index in [4.69, 9.17) is 0 Å². The second-order valence-corrected chi connectivity index (χ2v) is 17.6. The predicted molar refractivity (Wildman–Crippen MR) is 256 cm³/mol. The van der Waals surface area contributed by atoms with Gasteiger partial charge in [-0.25, -0.2) is 0 Å². The SMILES string of the molecule is c1ccc2cc(-c3c4ccccc4c(-c4ccc(-c5cc6sc7c(ccc8sc9ccccc9c87)c6c6ccccc56)c5ccccc45)c4ccccc34)ccc2c1. The first-order valence-corrected chi connectivity index (χ1v) is 21.6. The van der Waals surface area contributed by atoms with E-state index in [2.05, 4.69) is 194 Å². The van der Waals surface area contributed by atoms with E-state index in [-0.39, 0.29) is 0 Å². The van der Waals surface area contributed by atoms with Gasteiger partial charge in [-0.15, -0.1) is 22.7 Å². The Labute approximate surface area is 342 Å². The lowest BCUT2D eigenvalue weighted by atomic mass is 9.83. The largest absolute Gasteiger partial charge is 0.135 e. The first-order chi connectivity index (χ1) is 28.8. The van der Waals surface area contributed by atoms with Crippen LogP contribution in [-0.2, 0) is 0 Å². The standard InChI is InChI=1S/C56H32S2/c1-2-14-34-31-35(26-25-33(34)13-1)52-41-19-7-9-21-43(41)53(44-22-10-8-20-42(44)52)45-28-27-39(36-15-3-4-16-37(36)45)48-32-51-54(40-18-6-5-17-38(40)48)47-29-30-50-55(56(47)58-51)46-23-11-12-24-49(46)57-50/h1-32H. The summed E-state index contributed by atoms with van der Waals surface area (Å²) in [6, 6.07) is 72.6. The van der Waals surface area contributed by atoms with Crippen molar-refractivity contribution in [3.8, 4) is 33.4 Å². The van der Waals surface area contributed by atoms with E-state index >= 15 is 0 Å². The van der Waals surface area contributed by atoms with Gasteiger partial charge in [-0.3, -0.25) is 0 Å². The monoisotopic (exact) mass is 768 g/mol. The molecule has 0 saturated heterocycles. The Bertz CT molecular complexity index is 3800. The Hall–Kier alpha value is -6.84. The van der Waals surface area contributed by atoms with Gasteiger partial charge < -0.3 is 0 Å². The Morgan fingerprint density at radius 2 is 0.810 bits per heavy atom. The van der Waals surface area contributed by atoms with Crippen LogP contribution >= 0.6 is 22.7 Å². The Morgan fingerprint density at radius 3 is 1.53 bits per heavy atom. The summed E-state index contributed by atoms with van der Waals surface area (Å²) in [5, 5.41) is 18.2. The summed E-state index contributed by atoms with van der Waals surface area (Å²) in [6.45, 7) is 0. The lowest BCUT2D eigenvalue weighted by Gasteiger charge is -2.20. The molecular formula is C56H32S2. The van der Waals surface area contributed by atoms with E-state index in [1.54, 1.807) is 0 Å². The fourth-order valence-corrected chi connectivity index (χ4v) is 12.5. The summed E-state index contributed by atoms with van der Waals surface area (Å²) in [5.74, 6) is 0. The molecule has 58 heavy (non-hydrogen) atoms. The van der Waals surface area contributed by atoms with Gasteiger partial charge >= 0.3 is 0 Å². The number of hydrogen-bond donors (Lipinski definition) is 0. The highest BCUT2D eigenvalue weighted by Crippen LogP contribution is 2.50. The molecule has 0 saturated carbocycles. The van der Waals surface area contributed by atoms with Crippen molar-refractivity contribution in [1.82, 2.24) is 0 Å². The van der Waals surface area contributed by atoms with Gasteiger partial charge in [0.2, 0.25) is 0 Å². The minimum atomic E-state index is 1.24. The van der Waals surface area contributed by atoms with Crippen LogP contribution in [0.1, 0.15) is 0 Å². The minimum Gasteiger partial charge on any atom is -0.135 e. The summed E-state index contributed by atoms with van der Waals surface area (Å²) in [7, 11) is 0. The molecule has 0 amide bonds. The molecule has 0 bridgehead atoms. The molecule has 2 heterocycles. The van der Waals surface area contributed by atoms with Crippen LogP contribution in [0.2, 0.25) is 0 Å². The van der Waals surface area contributed by atoms with E-state index in [1.165, 1.54) is 128 Å². The van der Waals surface area contributed by atoms with E-state index in [1.807, 2.05) is 22.7 Å². The lowest BCUT2D eigenvalue weighted by molar-refractivity contribution is 1.67. The molecular weight excluding hydrogens is 737 g/mol. The van der Waals surface area contributed by atoms with Crippen molar-refractivity contribution in [3.05, 3.63) is 194 Å². The second-order valence-electron chi connectivity index (χ2n) is 15.5. The van der Waals surface area contributed by atoms with E-state index < -0.39 is 0 Å². The zero-order valence-corrected chi connectivity index (χ0v) is 32.9. The topological polar surface area (TPSA) is 0 Å². The maximum atomic E-state index is 2.48. The van der Waals surface area contributed by atoms with Gasteiger partial charge in [0.25, 0.3) is 0 Å². The zero-order valence-electron chi connectivity index (χ0n) is 31.3. The summed E-state index contributed by atoms with van der Waals surface area (Å²) in [6.07, 6.45) is 0. The second kappa shape index (κ2) is 12.3. The summed E-state index contributed by atoms with van der Waals surface area (Å²) in [4.78, 5) is 0. The molecule has 0 aliphatic rings. The van der Waals surface area contributed by atoms with Gasteiger partial charge in [-0.2, -0.15) is 0 Å². The smallest absolute Gasteiger partial charge is 0.0448 e. The van der Waals surface area contributed by atoms with Crippen LogP contribution in [0.5, 0.6) is 0 Å². The molecule has 0 radical (unpaired) electrons. The first-order valence-electron chi connectivity index (χ1n) is 19.9. The van der Waals surface area contributed by atoms with E-state index in [0.29, 0.717) is 0 Å². The van der Waals surface area contributed by atoms with Gasteiger partial charge in [-0.05, 0) is 112 Å². The molecule has 2 heteroatoms. The summed E-state index contributed by atoms with van der Waals surface area (Å²) in [5.41, 5.74) is 7.63. The van der Waals surface area contributed by atoms with Crippen molar-refractivity contribution in [2.24, 2.45) is 0 Å². The van der Waals surface area contributed by atoms with Gasteiger partial charge in [0.1, 0.15) is 0 Å². The highest BCUT2D eigenvalue weighted by molar-refractivity contribution is 7.30. The van der Waals surface area contributed by atoms with Crippen LogP contribution < -0.4 is 0 Å². The predicted octanol–water partition coefficient (Wildman–Crippen LogP) is 17.2. The third-order valence-corrected chi connectivity index (χ3v) is 14.7. The third kappa shape index (κ3) is 4.56. The molecule has 13 aromatic rings. The molecule has 0 unspecified atom stereocenters. The summed E-state index contributed by atoms with van der Waals surface area (Å²) >= 11 is 3.85. The molecule has 0 aliphatic carbocycles. The third-order valence-electron chi connectivity index (χ3n) is 12.4. The van der Waals surface area contributed by atoms with E-state index in [9.17, 15) is 0 Å². The van der Waals surface area contributed by atoms with Crippen LogP contribution in [0.4, 0.5) is 0 Å². The average Bonchev–Trinajstić information content (AvgIpc) is 3.86. The molecule has 0 spiro atoms. The molecule has 0 fully saturated rings. The molecule has 0 aliphatic heterocycles. The molecule has 268 valence electrons. The fourth-order valence-electron chi connectivity index (χ4n) is 9.96. The van der Waals surface area contributed by atoms with Crippen molar-refractivity contribution in [1.29, 1.82) is 0 Å². The van der Waals surface area contributed by atoms with E-state index in [0.717, 1.165) is 0 Å². The Morgan fingerprint density at radius 1 is 0.259 bits per heavy atom. The van der Waals surface area contributed by atoms with Crippen molar-refractivity contribution in [3.63, 3.8) is 0 Å². The molecule has 0 N–H and O–H groups in total. The maximum absolute atomic E-state index is 2.48. The normalized spacial score (nSPS) is 12.1. The van der Waals surface area contributed by atoms with Crippen LogP contribution in [0.25, 0.3) is 128 Å². The Balaban J connectivity index is 1.08. The summed E-state index contributed by atoms with van der Waals surface area (Å²) < 4.78 is 5.43. The fraction of sp³-hybridized carbons (Fsp3) is 0. The maximum Gasteiger partial charge on any atom is 0.0448 e. The minimum absolute atomic E-state index is 1.24. The molecule has 2 aromatic heterocycles. The number of fused-ring (bicyclic) bond motifs is 13. The molecule has 11 aromatic carbocycles. The van der Waals surface area contributed by atoms with Crippen molar-refractivity contribution in [2.75, 3.05) is 0 Å². The van der Waals surface area contributed by atoms with Crippen molar-refractivity contribution in [2.45, 2.75) is 0 Å². The molecule has 0 atom stereocenters.